The minimum Gasteiger partial charge on any atom is -0.481 e. The average Bonchev–Trinajstić information content (AvgIpc) is 4.20. The predicted octanol–water partition coefficient (Wildman–Crippen LogP) is 7.89. The van der Waals surface area contributed by atoms with Crippen LogP contribution >= 0.6 is 62.1 Å². The molecule has 0 aromatic heterocycles. The minimum absolute atomic E-state index is 0. The monoisotopic (exact) mass is 1310 g/mol. The van der Waals surface area contributed by atoms with Crippen LogP contribution in [0.5, 0.6) is 23.0 Å². The van der Waals surface area contributed by atoms with Crippen molar-refractivity contribution < 1.29 is 62.5 Å². The van der Waals surface area contributed by atoms with Crippen molar-refractivity contribution >= 4 is 115 Å². The first-order valence-corrected chi connectivity index (χ1v) is 32.1. The number of thioether (sulfide) groups is 1. The zero-order valence-corrected chi connectivity index (χ0v) is 52.9. The fourth-order valence-electron chi connectivity index (χ4n) is 7.14. The topological polar surface area (TPSA) is 220 Å². The van der Waals surface area contributed by atoms with Crippen LogP contribution < -0.4 is 18.9 Å². The number of benzene rings is 4. The van der Waals surface area contributed by atoms with E-state index < -0.39 is 45.2 Å². The van der Waals surface area contributed by atoms with E-state index in [0.717, 1.165) is 6.42 Å². The summed E-state index contributed by atoms with van der Waals surface area (Å²) in [7, 11) is -8.97. The molecule has 83 heavy (non-hydrogen) atoms. The van der Waals surface area contributed by atoms with E-state index in [1.54, 1.807) is 76.2 Å². The van der Waals surface area contributed by atoms with Crippen LogP contribution in [0.25, 0.3) is 0 Å². The number of ether oxygens (including phenoxy) is 4. The summed E-state index contributed by atoms with van der Waals surface area (Å²) in [5.41, 5.74) is 0. The summed E-state index contributed by atoms with van der Waals surface area (Å²) >= 11 is 5.53. The van der Waals surface area contributed by atoms with Gasteiger partial charge in [0, 0.05) is 75.8 Å². The van der Waals surface area contributed by atoms with Crippen LogP contribution in [0.4, 0.5) is 0 Å². The molecule has 3 heterocycles. The largest absolute Gasteiger partial charge is 0.481 e. The van der Waals surface area contributed by atoms with Gasteiger partial charge < -0.3 is 24.1 Å². The SMILES string of the molecule is C.C.CC#CCOc1ccc(S(=O)(=O)Cl)cc1.CC#CCOc1ccc(S(=O)(=O)N2CC[C@@H](O)C2)cc1.CC#CCOc1ccc(S(=O)(=O)N2CC[C@H](S)C2)cc1.CC#CCOc1ccc(S(=O)(=O)N2CC[C@H](SC(C)=O)C2)cc1.S.S.[B]. The van der Waals surface area contributed by atoms with Crippen molar-refractivity contribution in [3.63, 3.8) is 0 Å². The van der Waals surface area contributed by atoms with Gasteiger partial charge in [-0.05, 0) is 144 Å². The quantitative estimate of drug-likeness (QED) is 0.0471. The number of rotatable bonds is 16. The van der Waals surface area contributed by atoms with Crippen LogP contribution in [0.2, 0.25) is 0 Å². The summed E-state index contributed by atoms with van der Waals surface area (Å²) < 4.78 is 122. The van der Waals surface area contributed by atoms with E-state index in [4.69, 9.17) is 29.6 Å². The maximum atomic E-state index is 12.6. The molecule has 4 aromatic carbocycles. The number of β-amino-alcohol motifs (C(OH)–C–C–N with tert-alkyl or cyclic N) is 1. The Bertz CT molecular complexity index is 3230. The van der Waals surface area contributed by atoms with Crippen LogP contribution in [0.15, 0.2) is 117 Å². The van der Waals surface area contributed by atoms with Crippen LogP contribution in [-0.4, -0.2) is 148 Å². The van der Waals surface area contributed by atoms with Gasteiger partial charge in [-0.2, -0.15) is 52.5 Å². The first kappa shape index (κ1) is 80.5. The summed E-state index contributed by atoms with van der Waals surface area (Å²) in [4.78, 5) is 11.9. The number of sulfonamides is 3. The number of halogens is 1. The number of hydrogen-bond donors (Lipinski definition) is 2. The number of nitrogens with zero attached hydrogens (tertiary/aromatic N) is 3. The van der Waals surface area contributed by atoms with Crippen LogP contribution in [-0.2, 0) is 43.9 Å². The number of thiol groups is 1. The average molecular weight is 1320 g/mol. The standard InChI is InChI=1S/C16H19NO4S2.C14H17NO4S.C14H17NO3S2.C10H9ClO3S.2CH4.B.2H2S/c1-3-4-11-21-14-5-7-16(8-6-14)23(19,20)17-10-9-15(12-17)22-13(2)18;1-2-3-10-19-13-4-6-14(7-5-13)20(17,18)15-9-8-12(16)11-15;1-2-3-10-18-12-4-6-14(7-5-12)20(16,17)15-9-8-13(19)11-15;1-2-3-8-14-9-4-6-10(7-5-9)15(11,12)13;;;;;/h5-8,15H,9-12H2,1-2H3;4-7,12,16H,8-11H2,1H3;4-7,13,19H,8-11H2,1H3;4-7H,8H2,1H3;2*1H4;;2*1H2/t15-;12-;13-;;;;;;/m010....../s1. The van der Waals surface area contributed by atoms with Crippen LogP contribution in [0.3, 0.4) is 0 Å². The Hall–Kier alpha value is -4.62. The van der Waals surface area contributed by atoms with Crippen molar-refractivity contribution in [1.29, 1.82) is 0 Å². The van der Waals surface area contributed by atoms with E-state index >= 15 is 0 Å². The highest BCUT2D eigenvalue weighted by Gasteiger charge is 2.34. The molecule has 455 valence electrons. The van der Waals surface area contributed by atoms with Crippen molar-refractivity contribution in [3.8, 4) is 70.4 Å². The minimum atomic E-state index is -3.66. The summed E-state index contributed by atoms with van der Waals surface area (Å²) in [5.74, 6) is 24.2. The number of aliphatic hydroxyl groups excluding tert-OH is 1. The van der Waals surface area contributed by atoms with Gasteiger partial charge >= 0.3 is 0 Å². The Labute approximate surface area is 524 Å². The Morgan fingerprint density at radius 3 is 1.08 bits per heavy atom. The van der Waals surface area contributed by atoms with Crippen molar-refractivity contribution in [1.82, 2.24) is 12.9 Å². The second-order valence-corrected chi connectivity index (χ2v) is 27.3. The maximum absolute atomic E-state index is 12.6. The second-order valence-electron chi connectivity index (χ2n) is 16.7. The molecule has 1 N–H and O–H groups in total. The fourth-order valence-corrected chi connectivity index (χ4v) is 13.9. The molecule has 17 nitrogen and oxygen atoms in total. The number of hydrogen-bond acceptors (Lipinski definition) is 16. The Kier molecular flexibility index (Phi) is 38.7. The van der Waals surface area contributed by atoms with Crippen molar-refractivity contribution in [3.05, 3.63) is 97.1 Å². The molecule has 3 aliphatic heterocycles. The Morgan fingerprint density at radius 1 is 0.530 bits per heavy atom. The molecule has 3 fully saturated rings. The first-order valence-electron chi connectivity index (χ1n) is 24.0. The zero-order chi connectivity index (χ0) is 57.4. The van der Waals surface area contributed by atoms with E-state index in [2.05, 4.69) is 60.0 Å². The summed E-state index contributed by atoms with van der Waals surface area (Å²) in [6.07, 6.45) is 1.40. The van der Waals surface area contributed by atoms with Crippen LogP contribution in [0, 0.1) is 47.4 Å². The molecule has 0 saturated carbocycles. The molecule has 4 aromatic rings. The van der Waals surface area contributed by atoms with Gasteiger partial charge in [0.05, 0.1) is 25.7 Å². The van der Waals surface area contributed by atoms with E-state index in [-0.39, 0.29) is 112 Å². The van der Waals surface area contributed by atoms with Gasteiger partial charge in [0.2, 0.25) is 30.1 Å². The normalized spacial score (nSPS) is 16.3. The number of aliphatic hydroxyl groups is 1. The smallest absolute Gasteiger partial charge is 0.261 e. The fraction of sp³-hybridized carbons (Fsp3) is 0.411. The van der Waals surface area contributed by atoms with Crippen molar-refractivity contribution in [2.24, 2.45) is 0 Å². The molecule has 3 saturated heterocycles. The van der Waals surface area contributed by atoms with Gasteiger partial charge in [0.1, 0.15) is 49.4 Å². The third-order valence-corrected chi connectivity index (χ3v) is 19.6. The molecule has 0 unspecified atom stereocenters. The predicted molar refractivity (Wildman–Crippen MR) is 346 cm³/mol. The highest BCUT2D eigenvalue weighted by atomic mass is 35.7. The van der Waals surface area contributed by atoms with E-state index in [0.29, 0.717) is 75.2 Å². The Balaban J connectivity index is 0. The molecule has 0 amide bonds. The van der Waals surface area contributed by atoms with E-state index in [9.17, 15) is 43.6 Å². The Morgan fingerprint density at radius 2 is 0.819 bits per heavy atom. The lowest BCUT2D eigenvalue weighted by Gasteiger charge is -2.16. The molecule has 3 aliphatic rings. The second kappa shape index (κ2) is 39.9. The maximum Gasteiger partial charge on any atom is 0.261 e. The molecule has 7 rings (SSSR count). The lowest BCUT2D eigenvalue weighted by Crippen LogP contribution is -2.29. The number of carbonyl (C=O) groups is 1. The van der Waals surface area contributed by atoms with E-state index in [1.165, 1.54) is 80.1 Å². The van der Waals surface area contributed by atoms with Gasteiger partial charge in [-0.25, -0.2) is 33.7 Å². The third-order valence-electron chi connectivity index (χ3n) is 11.1. The molecule has 3 atom stereocenters. The van der Waals surface area contributed by atoms with E-state index in [1.807, 2.05) is 0 Å². The summed E-state index contributed by atoms with van der Waals surface area (Å²) in [6.45, 7) is 11.9. The summed E-state index contributed by atoms with van der Waals surface area (Å²) in [5, 5.41) is 9.62. The van der Waals surface area contributed by atoms with Crippen molar-refractivity contribution in [2.45, 2.75) is 105 Å². The van der Waals surface area contributed by atoms with Gasteiger partial charge in [-0.15, -0.1) is 23.7 Å². The molecular weight excluding hydrogens is 1240 g/mol. The first-order chi connectivity index (χ1) is 37.0. The van der Waals surface area contributed by atoms with Gasteiger partial charge in [-0.3, -0.25) is 4.79 Å². The summed E-state index contributed by atoms with van der Waals surface area (Å²) in [6, 6.07) is 24.8. The lowest BCUT2D eigenvalue weighted by molar-refractivity contribution is -0.109. The van der Waals surface area contributed by atoms with Gasteiger partial charge in [0.15, 0.2) is 5.12 Å². The van der Waals surface area contributed by atoms with Crippen molar-refractivity contribution in [2.75, 3.05) is 65.7 Å². The van der Waals surface area contributed by atoms with Gasteiger partial charge in [-0.1, -0.05) is 50.3 Å². The molecule has 27 heteroatoms. The van der Waals surface area contributed by atoms with Gasteiger partial charge in [0.25, 0.3) is 9.05 Å². The molecule has 0 aliphatic carbocycles. The number of carbonyl (C=O) groups excluding carboxylic acids is 1. The molecule has 3 radical (unpaired) electrons. The molecule has 0 spiro atoms. The highest BCUT2D eigenvalue weighted by molar-refractivity contribution is 8.14. The molecule has 0 bridgehead atoms. The third kappa shape index (κ3) is 26.7. The highest BCUT2D eigenvalue weighted by Crippen LogP contribution is 2.30. The molecular formula is C56H74BClN3O14S8. The lowest BCUT2D eigenvalue weighted by atomic mass is 10.3. The van der Waals surface area contributed by atoms with Crippen LogP contribution in [0.1, 0.15) is 68.7 Å². The zero-order valence-electron chi connectivity index (χ0n) is 45.2.